The van der Waals surface area contributed by atoms with E-state index in [-0.39, 0.29) is 16.7 Å². The number of nitrogens with one attached hydrogen (secondary N) is 1. The van der Waals surface area contributed by atoms with E-state index in [9.17, 15) is 19.5 Å². The number of carbonyl (C=O) groups excluding carboxylic acids is 1. The lowest BCUT2D eigenvalue weighted by Gasteiger charge is -2.12. The summed E-state index contributed by atoms with van der Waals surface area (Å²) in [6.07, 6.45) is 0. The first kappa shape index (κ1) is 17.0. The Morgan fingerprint density at radius 2 is 1.71 bits per heavy atom. The third-order valence-corrected chi connectivity index (χ3v) is 3.18. The van der Waals surface area contributed by atoms with Crippen LogP contribution in [0, 0.1) is 0 Å². The number of aromatic carboxylic acids is 2. The number of carbonyl (C=O) groups is 3. The quantitative estimate of drug-likeness (QED) is 0.751. The third-order valence-electron chi connectivity index (χ3n) is 3.18. The molecule has 0 aliphatic heterocycles. The molecule has 0 radical (unpaired) electrons. The molecule has 0 heterocycles. The molecule has 0 aromatic heterocycles. The van der Waals surface area contributed by atoms with Crippen LogP contribution >= 0.6 is 0 Å². The van der Waals surface area contributed by atoms with E-state index >= 15 is 0 Å². The number of carboxylic acids is 2. The molecule has 7 heteroatoms. The van der Waals surface area contributed by atoms with Crippen molar-refractivity contribution < 1.29 is 29.3 Å². The van der Waals surface area contributed by atoms with Gasteiger partial charge in [-0.25, -0.2) is 9.59 Å². The first-order valence-corrected chi connectivity index (χ1v) is 7.07. The minimum Gasteiger partial charge on any atom is -0.492 e. The van der Waals surface area contributed by atoms with Crippen molar-refractivity contribution in [1.29, 1.82) is 0 Å². The molecule has 0 fully saturated rings. The maximum atomic E-state index is 12.4. The number of rotatable bonds is 6. The molecule has 0 aliphatic rings. The van der Waals surface area contributed by atoms with E-state index in [1.165, 1.54) is 0 Å². The molecule has 0 unspecified atom stereocenters. The Morgan fingerprint density at radius 1 is 1.00 bits per heavy atom. The van der Waals surface area contributed by atoms with Crippen LogP contribution < -0.4 is 10.1 Å². The van der Waals surface area contributed by atoms with Gasteiger partial charge in [0.2, 0.25) is 0 Å². The van der Waals surface area contributed by atoms with Crippen LogP contribution in [-0.2, 0) is 0 Å². The van der Waals surface area contributed by atoms with Gasteiger partial charge in [0.05, 0.1) is 29.0 Å². The van der Waals surface area contributed by atoms with E-state index in [0.29, 0.717) is 18.0 Å². The van der Waals surface area contributed by atoms with E-state index in [0.717, 1.165) is 18.2 Å². The molecular weight excluding hydrogens is 314 g/mol. The molecule has 2 aromatic carbocycles. The van der Waals surface area contributed by atoms with E-state index < -0.39 is 17.8 Å². The number of carboxylic acid groups (broad SMARTS) is 2. The van der Waals surface area contributed by atoms with E-state index in [1.807, 2.05) is 0 Å². The highest BCUT2D eigenvalue weighted by atomic mass is 16.5. The lowest BCUT2D eigenvalue weighted by atomic mass is 10.0. The average molecular weight is 329 g/mol. The minimum absolute atomic E-state index is 0.178. The Morgan fingerprint density at radius 3 is 2.33 bits per heavy atom. The smallest absolute Gasteiger partial charge is 0.336 e. The van der Waals surface area contributed by atoms with Crippen molar-refractivity contribution in [3.8, 4) is 5.75 Å². The fourth-order valence-electron chi connectivity index (χ4n) is 2.09. The van der Waals surface area contributed by atoms with Crippen molar-refractivity contribution in [3.63, 3.8) is 0 Å². The topological polar surface area (TPSA) is 113 Å². The van der Waals surface area contributed by atoms with Crippen LogP contribution in [0.3, 0.4) is 0 Å². The molecule has 0 saturated heterocycles. The highest BCUT2D eigenvalue weighted by Gasteiger charge is 2.20. The fraction of sp³-hybridized carbons (Fsp3) is 0.118. The Balaban J connectivity index is 2.40. The highest BCUT2D eigenvalue weighted by molar-refractivity contribution is 6.12. The van der Waals surface area contributed by atoms with Gasteiger partial charge in [0, 0.05) is 0 Å². The summed E-state index contributed by atoms with van der Waals surface area (Å²) in [5, 5.41) is 20.8. The number of hydrogen-bond acceptors (Lipinski definition) is 4. The number of ether oxygens (including phenoxy) is 1. The SMILES string of the molecule is CCOc1ccccc1NC(=O)c1cc(C(=O)O)ccc1C(=O)O. The van der Waals surface area contributed by atoms with E-state index in [4.69, 9.17) is 9.84 Å². The standard InChI is InChI=1S/C17H15NO6/c1-2-24-14-6-4-3-5-13(14)18-15(19)12-9-10(16(20)21)7-8-11(12)17(22)23/h3-9H,2H2,1H3,(H,18,19)(H,20,21)(H,22,23). The van der Waals surface area contributed by atoms with Crippen molar-refractivity contribution in [1.82, 2.24) is 0 Å². The van der Waals surface area contributed by atoms with Crippen molar-refractivity contribution in [2.75, 3.05) is 11.9 Å². The highest BCUT2D eigenvalue weighted by Crippen LogP contribution is 2.25. The maximum absolute atomic E-state index is 12.4. The number of benzene rings is 2. The first-order chi connectivity index (χ1) is 11.4. The van der Waals surface area contributed by atoms with Crippen LogP contribution in [0.2, 0.25) is 0 Å². The van der Waals surface area contributed by atoms with Crippen molar-refractivity contribution in [3.05, 3.63) is 59.2 Å². The summed E-state index contributed by atoms with van der Waals surface area (Å²) in [6.45, 7) is 2.18. The van der Waals surface area contributed by atoms with Crippen LogP contribution in [-0.4, -0.2) is 34.7 Å². The van der Waals surface area contributed by atoms with Gasteiger partial charge in [-0.05, 0) is 37.3 Å². The molecule has 24 heavy (non-hydrogen) atoms. The summed E-state index contributed by atoms with van der Waals surface area (Å²) in [7, 11) is 0. The number of para-hydroxylation sites is 2. The third kappa shape index (κ3) is 3.70. The van der Waals surface area contributed by atoms with Crippen LogP contribution in [0.4, 0.5) is 5.69 Å². The lowest BCUT2D eigenvalue weighted by molar-refractivity contribution is 0.0679. The molecule has 0 aliphatic carbocycles. The minimum atomic E-state index is -1.32. The van der Waals surface area contributed by atoms with Gasteiger partial charge >= 0.3 is 11.9 Å². The van der Waals surface area contributed by atoms with Crippen LogP contribution in [0.25, 0.3) is 0 Å². The van der Waals surface area contributed by atoms with Gasteiger partial charge in [-0.1, -0.05) is 12.1 Å². The molecular formula is C17H15NO6. The Bertz CT molecular complexity index is 799. The summed E-state index contributed by atoms with van der Waals surface area (Å²) in [6, 6.07) is 9.93. The van der Waals surface area contributed by atoms with Gasteiger partial charge in [0.15, 0.2) is 0 Å². The molecule has 0 spiro atoms. The average Bonchev–Trinajstić information content (AvgIpc) is 2.56. The summed E-state index contributed by atoms with van der Waals surface area (Å²) >= 11 is 0. The molecule has 0 bridgehead atoms. The maximum Gasteiger partial charge on any atom is 0.336 e. The summed E-state index contributed by atoms with van der Waals surface area (Å²) in [5.41, 5.74) is -0.343. The predicted octanol–water partition coefficient (Wildman–Crippen LogP) is 2.73. The molecule has 2 aromatic rings. The van der Waals surface area contributed by atoms with Crippen LogP contribution in [0.1, 0.15) is 38.0 Å². The van der Waals surface area contributed by atoms with Gasteiger partial charge in [-0.3, -0.25) is 4.79 Å². The molecule has 0 atom stereocenters. The van der Waals surface area contributed by atoms with E-state index in [2.05, 4.69) is 5.32 Å². The lowest BCUT2D eigenvalue weighted by Crippen LogP contribution is -2.18. The Kier molecular flexibility index (Phi) is 5.16. The Labute approximate surface area is 137 Å². The van der Waals surface area contributed by atoms with Crippen molar-refractivity contribution in [2.24, 2.45) is 0 Å². The largest absolute Gasteiger partial charge is 0.492 e. The molecule has 3 N–H and O–H groups in total. The summed E-state index contributed by atoms with van der Waals surface area (Å²) in [4.78, 5) is 34.8. The van der Waals surface area contributed by atoms with Crippen molar-refractivity contribution >= 4 is 23.5 Å². The second kappa shape index (κ2) is 7.28. The van der Waals surface area contributed by atoms with Gasteiger partial charge in [-0.15, -0.1) is 0 Å². The normalized spacial score (nSPS) is 10.0. The zero-order chi connectivity index (χ0) is 17.7. The zero-order valence-corrected chi connectivity index (χ0v) is 12.8. The summed E-state index contributed by atoms with van der Waals surface area (Å²) in [5.74, 6) is -2.88. The first-order valence-electron chi connectivity index (χ1n) is 7.07. The second-order valence-electron chi connectivity index (χ2n) is 4.75. The fourth-order valence-corrected chi connectivity index (χ4v) is 2.09. The monoisotopic (exact) mass is 329 g/mol. The van der Waals surface area contributed by atoms with Gasteiger partial charge in [-0.2, -0.15) is 0 Å². The van der Waals surface area contributed by atoms with Gasteiger partial charge in [0.1, 0.15) is 5.75 Å². The number of amides is 1. The molecule has 2 rings (SSSR count). The molecule has 124 valence electrons. The molecule has 1 amide bonds. The molecule has 0 saturated carbocycles. The number of anilines is 1. The van der Waals surface area contributed by atoms with Gasteiger partial charge < -0.3 is 20.3 Å². The number of hydrogen-bond donors (Lipinski definition) is 3. The van der Waals surface area contributed by atoms with Gasteiger partial charge in [0.25, 0.3) is 5.91 Å². The van der Waals surface area contributed by atoms with Crippen LogP contribution in [0.5, 0.6) is 5.75 Å². The second-order valence-corrected chi connectivity index (χ2v) is 4.75. The Hall–Kier alpha value is -3.35. The van der Waals surface area contributed by atoms with Crippen LogP contribution in [0.15, 0.2) is 42.5 Å². The predicted molar refractivity (Wildman–Crippen MR) is 85.9 cm³/mol. The zero-order valence-electron chi connectivity index (χ0n) is 12.8. The van der Waals surface area contributed by atoms with E-state index in [1.54, 1.807) is 31.2 Å². The summed E-state index contributed by atoms with van der Waals surface area (Å²) < 4.78 is 5.39. The van der Waals surface area contributed by atoms with Crippen molar-refractivity contribution in [2.45, 2.75) is 6.92 Å². The molecule has 7 nitrogen and oxygen atoms in total.